The lowest BCUT2D eigenvalue weighted by Gasteiger charge is -2.15. The molecule has 0 aliphatic rings. The number of nitrogens with zero attached hydrogens (tertiary/aromatic N) is 2. The molecule has 3 heteroatoms. The van der Waals surface area contributed by atoms with Gasteiger partial charge < -0.3 is 4.90 Å². The van der Waals surface area contributed by atoms with Crippen molar-refractivity contribution in [3.63, 3.8) is 0 Å². The summed E-state index contributed by atoms with van der Waals surface area (Å²) in [4.78, 5) is 12.8. The molecule has 0 N–H and O–H groups in total. The molecule has 0 aliphatic heterocycles. The monoisotopic (exact) mass is 188 g/mol. The Bertz CT molecular complexity index is 362. The van der Waals surface area contributed by atoms with Crippen LogP contribution in [0.4, 0.5) is 5.69 Å². The number of benzene rings is 1. The van der Waals surface area contributed by atoms with Crippen molar-refractivity contribution < 1.29 is 4.79 Å². The third-order valence-corrected chi connectivity index (χ3v) is 2.03. The Morgan fingerprint density at radius 1 is 1.43 bits per heavy atom. The van der Waals surface area contributed by atoms with Crippen LogP contribution < -0.4 is 4.90 Å². The Morgan fingerprint density at radius 2 is 2.00 bits per heavy atom. The molecule has 0 saturated carbocycles. The lowest BCUT2D eigenvalue weighted by molar-refractivity contribution is -0.117. The predicted molar refractivity (Wildman–Crippen MR) is 54.8 cm³/mol. The Balaban J connectivity index is 2.80. The summed E-state index contributed by atoms with van der Waals surface area (Å²) >= 11 is 0. The van der Waals surface area contributed by atoms with E-state index in [4.69, 9.17) is 5.26 Å². The van der Waals surface area contributed by atoms with Gasteiger partial charge in [-0.1, -0.05) is 17.7 Å². The first-order valence-corrected chi connectivity index (χ1v) is 4.35. The number of aryl methyl sites for hydroxylation is 1. The number of rotatable bonds is 2. The summed E-state index contributed by atoms with van der Waals surface area (Å²) in [6.45, 7) is 1.99. The molecule has 0 aliphatic carbocycles. The maximum atomic E-state index is 11.3. The van der Waals surface area contributed by atoms with Crippen LogP contribution in [-0.4, -0.2) is 13.0 Å². The highest BCUT2D eigenvalue weighted by Gasteiger charge is 2.09. The summed E-state index contributed by atoms with van der Waals surface area (Å²) in [6, 6.07) is 9.44. The van der Waals surface area contributed by atoms with E-state index in [1.165, 1.54) is 4.90 Å². The first-order chi connectivity index (χ1) is 6.65. The van der Waals surface area contributed by atoms with Gasteiger partial charge in [0.15, 0.2) is 0 Å². The summed E-state index contributed by atoms with van der Waals surface area (Å²) < 4.78 is 0. The lowest BCUT2D eigenvalue weighted by Crippen LogP contribution is -2.25. The second-order valence-electron chi connectivity index (χ2n) is 3.12. The van der Waals surface area contributed by atoms with Crippen molar-refractivity contribution in [3.05, 3.63) is 29.8 Å². The van der Waals surface area contributed by atoms with Gasteiger partial charge >= 0.3 is 0 Å². The maximum Gasteiger partial charge on any atom is 0.240 e. The van der Waals surface area contributed by atoms with E-state index >= 15 is 0 Å². The molecule has 0 atom stereocenters. The van der Waals surface area contributed by atoms with E-state index < -0.39 is 0 Å². The van der Waals surface area contributed by atoms with Gasteiger partial charge in [-0.2, -0.15) is 5.26 Å². The van der Waals surface area contributed by atoms with Crippen LogP contribution >= 0.6 is 0 Å². The van der Waals surface area contributed by atoms with E-state index in [1.54, 1.807) is 7.05 Å². The van der Waals surface area contributed by atoms with Crippen LogP contribution in [0.3, 0.4) is 0 Å². The zero-order valence-corrected chi connectivity index (χ0v) is 8.32. The third-order valence-electron chi connectivity index (χ3n) is 2.03. The largest absolute Gasteiger partial charge is 0.315 e. The van der Waals surface area contributed by atoms with Gasteiger partial charge in [-0.15, -0.1) is 0 Å². The highest BCUT2D eigenvalue weighted by molar-refractivity contribution is 5.93. The van der Waals surface area contributed by atoms with Crippen molar-refractivity contribution in [1.82, 2.24) is 0 Å². The fourth-order valence-corrected chi connectivity index (χ4v) is 1.10. The smallest absolute Gasteiger partial charge is 0.240 e. The SMILES string of the molecule is Cc1ccc(N(C)C(=O)CC#N)cc1. The minimum Gasteiger partial charge on any atom is -0.315 e. The highest BCUT2D eigenvalue weighted by atomic mass is 16.2. The predicted octanol–water partition coefficient (Wildman–Crippen LogP) is 1.87. The van der Waals surface area contributed by atoms with Gasteiger partial charge in [0, 0.05) is 12.7 Å². The van der Waals surface area contributed by atoms with Gasteiger partial charge in [-0.25, -0.2) is 0 Å². The minimum atomic E-state index is -0.184. The maximum absolute atomic E-state index is 11.3. The molecule has 0 bridgehead atoms. The molecule has 0 radical (unpaired) electrons. The topological polar surface area (TPSA) is 44.1 Å². The summed E-state index contributed by atoms with van der Waals surface area (Å²) in [5.41, 5.74) is 1.96. The van der Waals surface area contributed by atoms with Crippen LogP contribution in [0.15, 0.2) is 24.3 Å². The van der Waals surface area contributed by atoms with E-state index in [0.717, 1.165) is 11.3 Å². The van der Waals surface area contributed by atoms with Crippen molar-refractivity contribution >= 4 is 11.6 Å². The normalized spacial score (nSPS) is 9.21. The number of amides is 1. The molecule has 72 valence electrons. The molecule has 0 aromatic heterocycles. The zero-order chi connectivity index (χ0) is 10.6. The molecular formula is C11H12N2O. The molecule has 0 saturated heterocycles. The molecule has 1 rings (SSSR count). The fourth-order valence-electron chi connectivity index (χ4n) is 1.10. The summed E-state index contributed by atoms with van der Waals surface area (Å²) in [7, 11) is 1.67. The van der Waals surface area contributed by atoms with Crippen LogP contribution in [0.2, 0.25) is 0 Å². The third kappa shape index (κ3) is 2.33. The van der Waals surface area contributed by atoms with E-state index in [1.807, 2.05) is 37.3 Å². The molecule has 0 heterocycles. The van der Waals surface area contributed by atoms with Gasteiger partial charge in [0.1, 0.15) is 6.42 Å². The fraction of sp³-hybridized carbons (Fsp3) is 0.273. The van der Waals surface area contributed by atoms with Crippen LogP contribution in [0.5, 0.6) is 0 Å². The summed E-state index contributed by atoms with van der Waals surface area (Å²) in [6.07, 6.45) is -0.0790. The number of carbonyl (C=O) groups is 1. The van der Waals surface area contributed by atoms with Crippen molar-refractivity contribution in [2.24, 2.45) is 0 Å². The molecule has 3 nitrogen and oxygen atoms in total. The number of hydrogen-bond acceptors (Lipinski definition) is 2. The van der Waals surface area contributed by atoms with E-state index in [0.29, 0.717) is 0 Å². The molecule has 0 fully saturated rings. The van der Waals surface area contributed by atoms with Crippen LogP contribution in [-0.2, 0) is 4.79 Å². The lowest BCUT2D eigenvalue weighted by atomic mass is 10.2. The first-order valence-electron chi connectivity index (χ1n) is 4.35. The zero-order valence-electron chi connectivity index (χ0n) is 8.32. The second kappa shape index (κ2) is 4.43. The van der Waals surface area contributed by atoms with Gasteiger partial charge in [-0.3, -0.25) is 4.79 Å². The highest BCUT2D eigenvalue weighted by Crippen LogP contribution is 2.13. The Kier molecular flexibility index (Phi) is 3.24. The first kappa shape index (κ1) is 10.3. The van der Waals surface area contributed by atoms with Crippen molar-refractivity contribution in [1.29, 1.82) is 5.26 Å². The molecule has 0 unspecified atom stereocenters. The molecule has 0 spiro atoms. The average Bonchev–Trinajstić information content (AvgIpc) is 2.18. The Morgan fingerprint density at radius 3 is 2.50 bits per heavy atom. The van der Waals surface area contributed by atoms with Gasteiger partial charge in [0.25, 0.3) is 0 Å². The number of nitriles is 1. The van der Waals surface area contributed by atoms with Gasteiger partial charge in [0.05, 0.1) is 6.07 Å². The van der Waals surface area contributed by atoms with E-state index in [9.17, 15) is 4.79 Å². The Labute approximate surface area is 83.6 Å². The van der Waals surface area contributed by atoms with E-state index in [-0.39, 0.29) is 12.3 Å². The van der Waals surface area contributed by atoms with Gasteiger partial charge in [0.2, 0.25) is 5.91 Å². The Hall–Kier alpha value is -1.82. The summed E-state index contributed by atoms with van der Waals surface area (Å²) in [5, 5.41) is 8.38. The number of anilines is 1. The summed E-state index contributed by atoms with van der Waals surface area (Å²) in [5.74, 6) is -0.184. The standard InChI is InChI=1S/C11H12N2O/c1-9-3-5-10(6-4-9)13(2)11(14)7-8-12/h3-6H,7H2,1-2H3. The second-order valence-corrected chi connectivity index (χ2v) is 3.12. The number of carbonyl (C=O) groups excluding carboxylic acids is 1. The van der Waals surface area contributed by atoms with Crippen molar-refractivity contribution in [2.75, 3.05) is 11.9 Å². The minimum absolute atomic E-state index is 0.0790. The van der Waals surface area contributed by atoms with Crippen molar-refractivity contribution in [2.45, 2.75) is 13.3 Å². The van der Waals surface area contributed by atoms with Crippen LogP contribution in [0, 0.1) is 18.3 Å². The number of hydrogen-bond donors (Lipinski definition) is 0. The molecule has 14 heavy (non-hydrogen) atoms. The van der Waals surface area contributed by atoms with Crippen molar-refractivity contribution in [3.8, 4) is 6.07 Å². The van der Waals surface area contributed by atoms with Crippen LogP contribution in [0.25, 0.3) is 0 Å². The van der Waals surface area contributed by atoms with Gasteiger partial charge in [-0.05, 0) is 19.1 Å². The molecule has 1 amide bonds. The quantitative estimate of drug-likeness (QED) is 0.711. The molecule has 1 aromatic rings. The average molecular weight is 188 g/mol. The molecule has 1 aromatic carbocycles. The molecular weight excluding hydrogens is 176 g/mol. The van der Waals surface area contributed by atoms with Crippen LogP contribution in [0.1, 0.15) is 12.0 Å². The van der Waals surface area contributed by atoms with E-state index in [2.05, 4.69) is 0 Å².